The van der Waals surface area contributed by atoms with Crippen molar-refractivity contribution in [2.75, 3.05) is 0 Å². The summed E-state index contributed by atoms with van der Waals surface area (Å²) in [7, 11) is 0. The first-order valence-corrected chi connectivity index (χ1v) is 21.6. The van der Waals surface area contributed by atoms with Crippen LogP contribution in [0.5, 0.6) is 0 Å². The zero-order valence-electron chi connectivity index (χ0n) is 34.7. The third kappa shape index (κ3) is 5.36. The van der Waals surface area contributed by atoms with Crippen molar-refractivity contribution in [1.29, 1.82) is 0 Å². The van der Waals surface area contributed by atoms with E-state index in [1.165, 1.54) is 72.1 Å². The second kappa shape index (κ2) is 13.9. The molecule has 2 nitrogen and oxygen atoms in total. The minimum absolute atomic E-state index is 0.115. The van der Waals surface area contributed by atoms with E-state index in [1.54, 1.807) is 0 Å². The first kappa shape index (κ1) is 36.2. The smallest absolute Gasteiger partial charge is 0.160 e. The molecule has 292 valence electrons. The Morgan fingerprint density at radius 1 is 0.306 bits per heavy atom. The van der Waals surface area contributed by atoms with Crippen molar-refractivity contribution in [3.8, 4) is 67.3 Å². The molecule has 9 aromatic carbocycles. The van der Waals surface area contributed by atoms with Crippen molar-refractivity contribution in [3.63, 3.8) is 0 Å². The molecule has 0 fully saturated rings. The number of fused-ring (bicyclic) bond motifs is 7. The molecule has 2 aliphatic carbocycles. The van der Waals surface area contributed by atoms with Gasteiger partial charge in [-0.25, -0.2) is 9.97 Å². The monoisotopic (exact) mass is 790 g/mol. The molecule has 2 aliphatic rings. The third-order valence-electron chi connectivity index (χ3n) is 13.6. The Labute approximate surface area is 362 Å². The zero-order valence-corrected chi connectivity index (χ0v) is 34.7. The molecule has 0 saturated carbocycles. The highest BCUT2D eigenvalue weighted by molar-refractivity contribution is 6.05. The summed E-state index contributed by atoms with van der Waals surface area (Å²) >= 11 is 0. The molecule has 0 spiro atoms. The SMILES string of the molecule is CC1(C)c2ccccc2-c2ccc(-c3cc(-c4ccc(-c5ccc6c(c5)-c5ccccc5C6(c5ccccc5)c5ccccc5)c5ccccc45)nc(-c4ccccc4)n3)cc21. The molecular formula is C60H42N2. The lowest BCUT2D eigenvalue weighted by atomic mass is 9.67. The third-order valence-corrected chi connectivity index (χ3v) is 13.6. The molecule has 0 unspecified atom stereocenters. The van der Waals surface area contributed by atoms with Crippen molar-refractivity contribution in [3.05, 3.63) is 252 Å². The van der Waals surface area contributed by atoms with Crippen molar-refractivity contribution < 1.29 is 0 Å². The maximum Gasteiger partial charge on any atom is 0.160 e. The lowest BCUT2D eigenvalue weighted by Gasteiger charge is -2.33. The summed E-state index contributed by atoms with van der Waals surface area (Å²) in [6.07, 6.45) is 0. The average Bonchev–Trinajstić information content (AvgIpc) is 3.77. The summed E-state index contributed by atoms with van der Waals surface area (Å²) in [5.74, 6) is 0.715. The summed E-state index contributed by atoms with van der Waals surface area (Å²) < 4.78 is 0. The summed E-state index contributed by atoms with van der Waals surface area (Å²) in [5.41, 5.74) is 19.8. The molecule has 0 amide bonds. The van der Waals surface area contributed by atoms with E-state index in [1.807, 2.05) is 6.07 Å². The second-order valence-corrected chi connectivity index (χ2v) is 17.3. The van der Waals surface area contributed by atoms with E-state index in [0.29, 0.717) is 5.82 Å². The topological polar surface area (TPSA) is 25.8 Å². The highest BCUT2D eigenvalue weighted by atomic mass is 14.9. The van der Waals surface area contributed by atoms with E-state index >= 15 is 0 Å². The molecule has 0 saturated heterocycles. The van der Waals surface area contributed by atoms with Gasteiger partial charge in [0.05, 0.1) is 16.8 Å². The van der Waals surface area contributed by atoms with Crippen LogP contribution in [0.2, 0.25) is 0 Å². The normalized spacial score (nSPS) is 13.9. The number of nitrogens with zero attached hydrogens (tertiary/aromatic N) is 2. The van der Waals surface area contributed by atoms with Gasteiger partial charge in [-0.1, -0.05) is 214 Å². The molecule has 62 heavy (non-hydrogen) atoms. The van der Waals surface area contributed by atoms with Crippen molar-refractivity contribution in [2.45, 2.75) is 24.7 Å². The fraction of sp³-hybridized carbons (Fsp3) is 0.0667. The van der Waals surface area contributed by atoms with E-state index < -0.39 is 5.41 Å². The van der Waals surface area contributed by atoms with Crippen LogP contribution in [0.15, 0.2) is 218 Å². The van der Waals surface area contributed by atoms with Gasteiger partial charge in [-0.05, 0) is 95.7 Å². The number of rotatable bonds is 6. The quantitative estimate of drug-likeness (QED) is 0.168. The van der Waals surface area contributed by atoms with E-state index in [-0.39, 0.29) is 5.41 Å². The Kier molecular flexibility index (Phi) is 8.14. The minimum Gasteiger partial charge on any atom is -0.228 e. The molecule has 0 atom stereocenters. The van der Waals surface area contributed by atoms with Crippen LogP contribution in [0.4, 0.5) is 0 Å². The number of benzene rings is 9. The van der Waals surface area contributed by atoms with Gasteiger partial charge in [-0.2, -0.15) is 0 Å². The molecular weight excluding hydrogens is 749 g/mol. The van der Waals surface area contributed by atoms with Crippen molar-refractivity contribution >= 4 is 10.8 Å². The van der Waals surface area contributed by atoms with Gasteiger partial charge in [0.15, 0.2) is 5.82 Å². The Balaban J connectivity index is 1.02. The van der Waals surface area contributed by atoms with Crippen LogP contribution in [-0.4, -0.2) is 9.97 Å². The molecule has 0 N–H and O–H groups in total. The lowest BCUT2D eigenvalue weighted by molar-refractivity contribution is 0.660. The first-order valence-electron chi connectivity index (χ1n) is 21.6. The predicted octanol–water partition coefficient (Wildman–Crippen LogP) is 15.0. The van der Waals surface area contributed by atoms with Crippen LogP contribution < -0.4 is 0 Å². The van der Waals surface area contributed by atoms with Crippen molar-refractivity contribution in [1.82, 2.24) is 9.97 Å². The lowest BCUT2D eigenvalue weighted by Crippen LogP contribution is -2.28. The molecule has 0 bridgehead atoms. The molecule has 1 heterocycles. The van der Waals surface area contributed by atoms with Gasteiger partial charge in [0.25, 0.3) is 0 Å². The molecule has 0 aliphatic heterocycles. The van der Waals surface area contributed by atoms with Crippen LogP contribution in [0.25, 0.3) is 78.1 Å². The van der Waals surface area contributed by atoms with Crippen LogP contribution in [0.3, 0.4) is 0 Å². The van der Waals surface area contributed by atoms with Gasteiger partial charge in [-0.3, -0.25) is 0 Å². The Morgan fingerprint density at radius 2 is 0.806 bits per heavy atom. The summed E-state index contributed by atoms with van der Waals surface area (Å²) in [6.45, 7) is 4.66. The second-order valence-electron chi connectivity index (χ2n) is 17.3. The van der Waals surface area contributed by atoms with E-state index in [0.717, 1.165) is 33.5 Å². The molecule has 1 aromatic heterocycles. The summed E-state index contributed by atoms with van der Waals surface area (Å²) in [6, 6.07) is 79.7. The summed E-state index contributed by atoms with van der Waals surface area (Å²) in [5, 5.41) is 2.34. The standard InChI is InChI=1S/C60H42N2/c1-59(2)52-28-16-14-26-47(52)49-32-30-41(37-55(49)59)56-38-57(62-58(61-56)39-18-6-3-7-19-39)50-34-33-44(45-24-12-13-25-46(45)50)40-31-35-54-51(36-40)48-27-15-17-29-53(48)60(54,42-20-8-4-9-21-42)43-22-10-5-11-23-43/h3-38H,1-2H3. The molecule has 2 heteroatoms. The number of hydrogen-bond acceptors (Lipinski definition) is 2. The van der Waals surface area contributed by atoms with Gasteiger partial charge in [0.2, 0.25) is 0 Å². The predicted molar refractivity (Wildman–Crippen MR) is 256 cm³/mol. The van der Waals surface area contributed by atoms with Gasteiger partial charge >= 0.3 is 0 Å². The van der Waals surface area contributed by atoms with Gasteiger partial charge in [0, 0.05) is 22.1 Å². The highest BCUT2D eigenvalue weighted by Crippen LogP contribution is 2.57. The fourth-order valence-corrected chi connectivity index (χ4v) is 10.7. The Hall–Kier alpha value is -7.68. The first-order chi connectivity index (χ1) is 30.5. The Bertz CT molecular complexity index is 3330. The van der Waals surface area contributed by atoms with Crippen LogP contribution in [0.1, 0.15) is 47.2 Å². The van der Waals surface area contributed by atoms with Crippen LogP contribution in [0, 0.1) is 0 Å². The average molecular weight is 791 g/mol. The van der Waals surface area contributed by atoms with E-state index in [4.69, 9.17) is 9.97 Å². The van der Waals surface area contributed by atoms with Crippen LogP contribution >= 0.6 is 0 Å². The molecule has 0 radical (unpaired) electrons. The van der Waals surface area contributed by atoms with Gasteiger partial charge in [0.1, 0.15) is 0 Å². The maximum atomic E-state index is 5.32. The van der Waals surface area contributed by atoms with E-state index in [2.05, 4.69) is 226 Å². The number of hydrogen-bond donors (Lipinski definition) is 0. The molecule has 12 rings (SSSR count). The largest absolute Gasteiger partial charge is 0.228 e. The summed E-state index contributed by atoms with van der Waals surface area (Å²) in [4.78, 5) is 10.6. The van der Waals surface area contributed by atoms with E-state index in [9.17, 15) is 0 Å². The van der Waals surface area contributed by atoms with Crippen LogP contribution in [-0.2, 0) is 10.8 Å². The highest BCUT2D eigenvalue weighted by Gasteiger charge is 2.46. The van der Waals surface area contributed by atoms with Crippen molar-refractivity contribution in [2.24, 2.45) is 0 Å². The minimum atomic E-state index is -0.432. The zero-order chi connectivity index (χ0) is 41.4. The fourth-order valence-electron chi connectivity index (χ4n) is 10.7. The van der Waals surface area contributed by atoms with Gasteiger partial charge < -0.3 is 0 Å². The Morgan fingerprint density at radius 3 is 1.52 bits per heavy atom. The maximum absolute atomic E-state index is 5.32. The molecule has 10 aromatic rings. The number of aromatic nitrogens is 2. The van der Waals surface area contributed by atoms with Gasteiger partial charge in [-0.15, -0.1) is 0 Å².